The third kappa shape index (κ3) is 7.30. The fourth-order valence-corrected chi connectivity index (χ4v) is 3.02. The molecule has 8 heteroatoms. The quantitative estimate of drug-likeness (QED) is 0.766. The zero-order valence-corrected chi connectivity index (χ0v) is 15.5. The molecular weight excluding hydrogens is 338 g/mol. The van der Waals surface area contributed by atoms with Gasteiger partial charge < -0.3 is 10.2 Å². The minimum absolute atomic E-state index is 0.0998. The number of hydrogen-bond acceptors (Lipinski definition) is 4. The number of carbonyl (C=O) groups is 1. The number of anilines is 1. The number of halogens is 1. The van der Waals surface area contributed by atoms with E-state index >= 15 is 0 Å². The molecule has 0 atom stereocenters. The van der Waals surface area contributed by atoms with Gasteiger partial charge in [0, 0.05) is 36.8 Å². The summed E-state index contributed by atoms with van der Waals surface area (Å²) >= 11 is 5.88. The van der Waals surface area contributed by atoms with Gasteiger partial charge in [0.25, 0.3) is 0 Å². The molecule has 0 saturated carbocycles. The summed E-state index contributed by atoms with van der Waals surface area (Å²) in [7, 11) is 0.409. The largest absolute Gasteiger partial charge is 0.326 e. The van der Waals surface area contributed by atoms with Crippen molar-refractivity contribution in [2.45, 2.75) is 13.3 Å². The summed E-state index contributed by atoms with van der Waals surface area (Å²) in [6, 6.07) is 5.19. The lowest BCUT2D eigenvalue weighted by Gasteiger charge is -2.21. The Balaban J connectivity index is 2.61. The molecular formula is C15H24ClN3O3S. The highest BCUT2D eigenvalue weighted by Crippen LogP contribution is 2.19. The van der Waals surface area contributed by atoms with Crippen LogP contribution in [0.1, 0.15) is 12.0 Å². The van der Waals surface area contributed by atoms with Gasteiger partial charge in [0.15, 0.2) is 0 Å². The zero-order valence-electron chi connectivity index (χ0n) is 14.0. The maximum Gasteiger partial charge on any atom is 0.225 e. The topological polar surface area (TPSA) is 69.7 Å². The monoisotopic (exact) mass is 361 g/mol. The Kier molecular flexibility index (Phi) is 7.47. The predicted molar refractivity (Wildman–Crippen MR) is 94.4 cm³/mol. The summed E-state index contributed by atoms with van der Waals surface area (Å²) in [5.41, 5.74) is 1.54. The summed E-state index contributed by atoms with van der Waals surface area (Å²) in [6.45, 7) is 2.97. The maximum absolute atomic E-state index is 12.0. The molecule has 0 spiro atoms. The average Bonchev–Trinajstić information content (AvgIpc) is 2.40. The first-order chi connectivity index (χ1) is 10.6. The molecule has 1 aromatic carbocycles. The molecule has 0 radical (unpaired) electrons. The van der Waals surface area contributed by atoms with Gasteiger partial charge in [-0.25, -0.2) is 12.7 Å². The first kappa shape index (κ1) is 19.9. The molecule has 0 saturated heterocycles. The van der Waals surface area contributed by atoms with Crippen LogP contribution in [0.25, 0.3) is 0 Å². The van der Waals surface area contributed by atoms with Crippen molar-refractivity contribution in [3.05, 3.63) is 28.8 Å². The second kappa shape index (κ2) is 8.63. The standard InChI is InChI=1S/C15H24ClN3O3S/c1-12-11-13(16)5-6-14(12)17-15(20)7-8-19(23(4,21)22)10-9-18(2)3/h5-6,11H,7-10H2,1-4H3,(H,17,20). The molecule has 0 aliphatic rings. The number of benzene rings is 1. The summed E-state index contributed by atoms with van der Waals surface area (Å²) < 4.78 is 24.9. The van der Waals surface area contributed by atoms with Crippen molar-refractivity contribution in [3.63, 3.8) is 0 Å². The fraction of sp³-hybridized carbons (Fsp3) is 0.533. The molecule has 1 aromatic rings. The molecule has 1 amide bonds. The Morgan fingerprint density at radius 3 is 2.39 bits per heavy atom. The number of nitrogens with zero attached hydrogens (tertiary/aromatic N) is 2. The predicted octanol–water partition coefficient (Wildman–Crippen LogP) is 1.80. The van der Waals surface area contributed by atoms with Crippen LogP contribution < -0.4 is 5.32 Å². The maximum atomic E-state index is 12.0. The minimum atomic E-state index is -3.33. The number of amides is 1. The third-order valence-corrected chi connectivity index (χ3v) is 4.85. The molecule has 0 heterocycles. The number of aryl methyl sites for hydroxylation is 1. The van der Waals surface area contributed by atoms with Crippen LogP contribution in [0.3, 0.4) is 0 Å². The number of rotatable bonds is 8. The lowest BCUT2D eigenvalue weighted by Crippen LogP contribution is -2.37. The van der Waals surface area contributed by atoms with E-state index < -0.39 is 10.0 Å². The summed E-state index contributed by atoms with van der Waals surface area (Å²) in [5, 5.41) is 3.38. The van der Waals surface area contributed by atoms with Crippen LogP contribution in [0.15, 0.2) is 18.2 Å². The van der Waals surface area contributed by atoms with Gasteiger partial charge in [0.05, 0.1) is 6.26 Å². The van der Waals surface area contributed by atoms with E-state index in [4.69, 9.17) is 11.6 Å². The Labute approximate surface area is 143 Å². The van der Waals surface area contributed by atoms with E-state index in [-0.39, 0.29) is 18.9 Å². The number of nitrogens with one attached hydrogen (secondary N) is 1. The van der Waals surface area contributed by atoms with Gasteiger partial charge in [-0.2, -0.15) is 0 Å². The molecule has 0 aliphatic carbocycles. The van der Waals surface area contributed by atoms with Crippen LogP contribution in [0, 0.1) is 6.92 Å². The Morgan fingerprint density at radius 1 is 1.22 bits per heavy atom. The van der Waals surface area contributed by atoms with Gasteiger partial charge in [-0.3, -0.25) is 4.79 Å². The summed E-state index contributed by atoms with van der Waals surface area (Å²) in [6.07, 6.45) is 1.26. The van der Waals surface area contributed by atoms with Crippen molar-refractivity contribution in [3.8, 4) is 0 Å². The first-order valence-corrected chi connectivity index (χ1v) is 9.48. The van der Waals surface area contributed by atoms with Crippen molar-refractivity contribution < 1.29 is 13.2 Å². The van der Waals surface area contributed by atoms with Crippen molar-refractivity contribution in [2.24, 2.45) is 0 Å². The molecule has 1 N–H and O–H groups in total. The minimum Gasteiger partial charge on any atom is -0.326 e. The van der Waals surface area contributed by atoms with Crippen molar-refractivity contribution in [1.82, 2.24) is 9.21 Å². The van der Waals surface area contributed by atoms with Gasteiger partial charge in [0.1, 0.15) is 0 Å². The molecule has 0 unspecified atom stereocenters. The third-order valence-electron chi connectivity index (χ3n) is 3.32. The highest BCUT2D eigenvalue weighted by Gasteiger charge is 2.18. The summed E-state index contributed by atoms with van der Waals surface area (Å²) in [5.74, 6) is -0.228. The van der Waals surface area contributed by atoms with Crippen molar-refractivity contribution in [2.75, 3.05) is 45.3 Å². The van der Waals surface area contributed by atoms with Crippen LogP contribution in [0.2, 0.25) is 5.02 Å². The SMILES string of the molecule is Cc1cc(Cl)ccc1NC(=O)CCN(CCN(C)C)S(C)(=O)=O. The smallest absolute Gasteiger partial charge is 0.225 e. The van der Waals surface area contributed by atoms with E-state index in [1.54, 1.807) is 18.2 Å². The van der Waals surface area contributed by atoms with Crippen molar-refractivity contribution >= 4 is 33.2 Å². The highest BCUT2D eigenvalue weighted by molar-refractivity contribution is 7.88. The van der Waals surface area contributed by atoms with Crippen LogP contribution in [0.5, 0.6) is 0 Å². The lowest BCUT2D eigenvalue weighted by molar-refractivity contribution is -0.116. The van der Waals surface area contributed by atoms with Gasteiger partial charge in [-0.15, -0.1) is 0 Å². The van der Waals surface area contributed by atoms with E-state index in [0.717, 1.165) is 11.8 Å². The van der Waals surface area contributed by atoms with E-state index in [1.807, 2.05) is 25.9 Å². The van der Waals surface area contributed by atoms with Gasteiger partial charge in [0.2, 0.25) is 15.9 Å². The number of sulfonamides is 1. The molecule has 23 heavy (non-hydrogen) atoms. The number of carbonyl (C=O) groups excluding carboxylic acids is 1. The Bertz CT molecular complexity index is 647. The van der Waals surface area contributed by atoms with Crippen LogP contribution in [-0.4, -0.2) is 63.5 Å². The molecule has 1 rings (SSSR count). The van der Waals surface area contributed by atoms with E-state index in [2.05, 4.69) is 5.32 Å². The van der Waals surface area contributed by atoms with Crippen LogP contribution in [-0.2, 0) is 14.8 Å². The summed E-state index contributed by atoms with van der Waals surface area (Å²) in [4.78, 5) is 13.9. The normalized spacial score (nSPS) is 12.0. The second-order valence-corrected chi connectivity index (χ2v) is 8.14. The molecule has 130 valence electrons. The van der Waals surface area contributed by atoms with Gasteiger partial charge >= 0.3 is 0 Å². The van der Waals surface area contributed by atoms with E-state index in [0.29, 0.717) is 23.8 Å². The van der Waals surface area contributed by atoms with Crippen LogP contribution in [0.4, 0.5) is 5.69 Å². The second-order valence-electron chi connectivity index (χ2n) is 5.72. The molecule has 6 nitrogen and oxygen atoms in total. The average molecular weight is 362 g/mol. The zero-order chi connectivity index (χ0) is 17.6. The Hall–Kier alpha value is -1.15. The number of likely N-dealkylation sites (N-methyl/N-ethyl adjacent to an activating group) is 1. The van der Waals surface area contributed by atoms with E-state index in [1.165, 1.54) is 4.31 Å². The highest BCUT2D eigenvalue weighted by atomic mass is 35.5. The number of hydrogen-bond donors (Lipinski definition) is 1. The lowest BCUT2D eigenvalue weighted by atomic mass is 10.2. The van der Waals surface area contributed by atoms with Gasteiger partial charge in [-0.05, 0) is 44.8 Å². The van der Waals surface area contributed by atoms with Gasteiger partial charge in [-0.1, -0.05) is 11.6 Å². The van der Waals surface area contributed by atoms with E-state index in [9.17, 15) is 13.2 Å². The molecule has 0 fully saturated rings. The molecule has 0 bridgehead atoms. The molecule has 0 aromatic heterocycles. The first-order valence-electron chi connectivity index (χ1n) is 7.25. The fourth-order valence-electron chi connectivity index (χ4n) is 1.96. The molecule has 0 aliphatic heterocycles. The van der Waals surface area contributed by atoms with Crippen LogP contribution >= 0.6 is 11.6 Å². The van der Waals surface area contributed by atoms with Crippen molar-refractivity contribution in [1.29, 1.82) is 0 Å². The Morgan fingerprint density at radius 2 is 1.87 bits per heavy atom.